The van der Waals surface area contributed by atoms with E-state index in [0.29, 0.717) is 19.3 Å². The summed E-state index contributed by atoms with van der Waals surface area (Å²) in [5.41, 5.74) is 0. The van der Waals surface area contributed by atoms with Gasteiger partial charge in [0.25, 0.3) is 0 Å². The van der Waals surface area contributed by atoms with Crippen LogP contribution in [-0.4, -0.2) is 95.9 Å². The fourth-order valence-electron chi connectivity index (χ4n) is 12.5. The number of unbranched alkanes of at least 4 members (excludes halogenated alkanes) is 35. The van der Waals surface area contributed by atoms with Gasteiger partial charge in [-0.2, -0.15) is 0 Å². The Morgan fingerprint density at radius 3 is 0.706 bits per heavy atom. The van der Waals surface area contributed by atoms with Crippen LogP contribution in [0, 0.1) is 0 Å². The van der Waals surface area contributed by atoms with E-state index in [2.05, 4.69) is 203 Å². The van der Waals surface area contributed by atoms with Crippen LogP contribution >= 0.6 is 15.6 Å². The van der Waals surface area contributed by atoms with Gasteiger partial charge in [0.15, 0.2) is 6.10 Å². The number of hydrogen-bond donors (Lipinski definition) is 4. The van der Waals surface area contributed by atoms with Crippen LogP contribution in [0.15, 0.2) is 182 Å². The molecule has 0 rings (SSSR count). The fourth-order valence-corrected chi connectivity index (χ4v) is 14.1. The van der Waals surface area contributed by atoms with Crippen molar-refractivity contribution in [2.24, 2.45) is 0 Å². The third kappa shape index (κ3) is 93.2. The van der Waals surface area contributed by atoms with Crippen molar-refractivity contribution in [3.05, 3.63) is 182 Å². The molecule has 119 heavy (non-hydrogen) atoms. The summed E-state index contributed by atoms with van der Waals surface area (Å²) in [6, 6.07) is 0. The number of allylic oxidation sites excluding steroid dienone is 30. The molecule has 5 atom stereocenters. The average molecular weight is 1700 g/mol. The lowest BCUT2D eigenvalue weighted by molar-refractivity contribution is -0.161. The number of ether oxygens (including phenoxy) is 3. The van der Waals surface area contributed by atoms with E-state index in [0.717, 1.165) is 186 Å². The molecule has 0 radical (unpaired) electrons. The molecule has 4 N–H and O–H groups in total. The molecule has 0 aromatic carbocycles. The topological polar surface area (TPSA) is 231 Å². The molecule has 0 aromatic rings. The summed E-state index contributed by atoms with van der Waals surface area (Å²) in [5.74, 6) is -1.59. The minimum absolute atomic E-state index is 0.0847. The Morgan fingerprint density at radius 1 is 0.244 bits per heavy atom. The minimum Gasteiger partial charge on any atom is -0.463 e. The number of phosphoric ester groups is 2. The van der Waals surface area contributed by atoms with E-state index in [4.69, 9.17) is 32.3 Å². The third-order valence-corrected chi connectivity index (χ3v) is 21.5. The van der Waals surface area contributed by atoms with E-state index in [1.165, 1.54) is 135 Å². The molecule has 18 heteroatoms. The number of aliphatic hydroxyl groups is 2. The van der Waals surface area contributed by atoms with Gasteiger partial charge in [-0.25, -0.2) is 9.13 Å². The largest absolute Gasteiger partial charge is 0.472 e. The molecule has 0 aromatic heterocycles. The lowest BCUT2D eigenvalue weighted by Gasteiger charge is -2.21. The highest BCUT2D eigenvalue weighted by molar-refractivity contribution is 7.47. The Bertz CT molecular complexity index is 2890. The predicted molar refractivity (Wildman–Crippen MR) is 500 cm³/mol. The smallest absolute Gasteiger partial charge is 0.463 e. The summed E-state index contributed by atoms with van der Waals surface area (Å²) in [6.07, 6.45) is 121. The maximum atomic E-state index is 13.1. The molecule has 0 aliphatic heterocycles. The average Bonchev–Trinajstić information content (AvgIpc) is 0.903. The second-order valence-electron chi connectivity index (χ2n) is 31.0. The highest BCUT2D eigenvalue weighted by Crippen LogP contribution is 2.45. The maximum Gasteiger partial charge on any atom is 0.472 e. The van der Waals surface area contributed by atoms with E-state index in [9.17, 15) is 43.5 Å². The first kappa shape index (κ1) is 114. The van der Waals surface area contributed by atoms with E-state index in [-0.39, 0.29) is 19.3 Å². The zero-order valence-electron chi connectivity index (χ0n) is 75.0. The first-order chi connectivity index (χ1) is 58.2. The summed E-state index contributed by atoms with van der Waals surface area (Å²) in [4.78, 5) is 59.1. The van der Waals surface area contributed by atoms with E-state index in [1.54, 1.807) is 0 Å². The fraction of sp³-hybridized carbons (Fsp3) is 0.673. The molecule has 16 nitrogen and oxygen atoms in total. The van der Waals surface area contributed by atoms with Gasteiger partial charge in [0, 0.05) is 19.3 Å². The molecule has 5 unspecified atom stereocenters. The summed E-state index contributed by atoms with van der Waals surface area (Å²) in [7, 11) is -9.82. The van der Waals surface area contributed by atoms with Crippen molar-refractivity contribution in [2.75, 3.05) is 39.6 Å². The Balaban J connectivity index is 4.63. The lowest BCUT2D eigenvalue weighted by Crippen LogP contribution is -2.30. The van der Waals surface area contributed by atoms with Crippen molar-refractivity contribution in [3.63, 3.8) is 0 Å². The number of hydrogen-bond acceptors (Lipinski definition) is 14. The molecular formula is C101H170O16P2. The van der Waals surface area contributed by atoms with Crippen molar-refractivity contribution < 1.29 is 75.8 Å². The van der Waals surface area contributed by atoms with Crippen LogP contribution in [0.25, 0.3) is 0 Å². The normalized spacial score (nSPS) is 14.6. The van der Waals surface area contributed by atoms with Crippen LogP contribution in [0.4, 0.5) is 0 Å². The van der Waals surface area contributed by atoms with Crippen LogP contribution < -0.4 is 0 Å². The molecule has 0 spiro atoms. The van der Waals surface area contributed by atoms with Crippen LogP contribution in [0.2, 0.25) is 0 Å². The molecule has 0 amide bonds. The predicted octanol–water partition coefficient (Wildman–Crippen LogP) is 29.2. The van der Waals surface area contributed by atoms with Gasteiger partial charge < -0.3 is 34.2 Å². The minimum atomic E-state index is -4.95. The van der Waals surface area contributed by atoms with Crippen LogP contribution in [0.1, 0.15) is 380 Å². The summed E-state index contributed by atoms with van der Waals surface area (Å²) < 4.78 is 61.5. The SMILES string of the molecule is CC/C=C\C/C=C\C/C=C\C/C=C\C/C=C\C/C=C\CCCCCCCCCCCCC(=O)OCC(COP(=O)(O)OCC(O)COP(=O)(O)OCC(O)COC(=O)CCCCCCCCCCCCCCCCC/C=C\C/C=C\C/C=C\C/C=C\CCCCC)OC(=O)CCCCCCCCC/C=C\C/C=C\C/C=C\C/C=C\C/C=C\CC. The van der Waals surface area contributed by atoms with Crippen LogP contribution in [0.3, 0.4) is 0 Å². The van der Waals surface area contributed by atoms with E-state index in [1.807, 2.05) is 0 Å². The molecule has 680 valence electrons. The van der Waals surface area contributed by atoms with E-state index >= 15 is 0 Å². The quantitative estimate of drug-likeness (QED) is 0.0146. The van der Waals surface area contributed by atoms with Crippen molar-refractivity contribution >= 4 is 33.6 Å². The molecule has 0 saturated carbocycles. The Kier molecular flexibility index (Phi) is 87.7. The molecule has 0 heterocycles. The van der Waals surface area contributed by atoms with Crippen molar-refractivity contribution in [1.29, 1.82) is 0 Å². The number of aliphatic hydroxyl groups excluding tert-OH is 2. The van der Waals surface area contributed by atoms with Gasteiger partial charge in [-0.1, -0.05) is 383 Å². The zero-order chi connectivity index (χ0) is 86.5. The van der Waals surface area contributed by atoms with Crippen molar-refractivity contribution in [3.8, 4) is 0 Å². The second kappa shape index (κ2) is 91.8. The molecule has 0 saturated heterocycles. The maximum absolute atomic E-state index is 13.1. The first-order valence-electron chi connectivity index (χ1n) is 47.1. The molecule has 0 fully saturated rings. The number of carbonyl (C=O) groups is 3. The van der Waals surface area contributed by atoms with Crippen molar-refractivity contribution in [1.82, 2.24) is 0 Å². The number of esters is 3. The van der Waals surface area contributed by atoms with Gasteiger partial charge in [-0.15, -0.1) is 0 Å². The summed E-state index contributed by atoms with van der Waals surface area (Å²) in [5, 5.41) is 20.8. The van der Waals surface area contributed by atoms with Gasteiger partial charge in [-0.05, 0) is 161 Å². The Labute approximate surface area is 725 Å². The van der Waals surface area contributed by atoms with Crippen LogP contribution in [-0.2, 0) is 55.8 Å². The van der Waals surface area contributed by atoms with Gasteiger partial charge in [0.1, 0.15) is 25.4 Å². The van der Waals surface area contributed by atoms with Gasteiger partial charge in [0.2, 0.25) is 0 Å². The molecular weight excluding hydrogens is 1530 g/mol. The Morgan fingerprint density at radius 2 is 0.445 bits per heavy atom. The first-order valence-corrected chi connectivity index (χ1v) is 50.1. The lowest BCUT2D eigenvalue weighted by atomic mass is 10.0. The highest BCUT2D eigenvalue weighted by Gasteiger charge is 2.29. The number of carbonyl (C=O) groups excluding carboxylic acids is 3. The zero-order valence-corrected chi connectivity index (χ0v) is 76.8. The molecule has 0 bridgehead atoms. The number of rotatable bonds is 88. The van der Waals surface area contributed by atoms with Gasteiger partial charge >= 0.3 is 33.6 Å². The highest BCUT2D eigenvalue weighted by atomic mass is 31.2. The second-order valence-corrected chi connectivity index (χ2v) is 34.0. The van der Waals surface area contributed by atoms with Crippen molar-refractivity contribution in [2.45, 2.75) is 399 Å². The molecule has 0 aliphatic rings. The van der Waals surface area contributed by atoms with Gasteiger partial charge in [0.05, 0.1) is 26.4 Å². The Hall–Kier alpha value is -5.35. The van der Waals surface area contributed by atoms with E-state index < -0.39 is 91.5 Å². The van der Waals surface area contributed by atoms with Crippen LogP contribution in [0.5, 0.6) is 0 Å². The standard InChI is InChI=1S/C101H170O16P2/c1-4-7-10-13-16-19-22-25-28-31-34-37-40-42-44-46-47-49-51-52-55-57-60-63-66-69-72-75-78-81-84-87-99(104)111-90-96(102)91-113-118(107,108)114-92-97(103)93-115-119(109,110)116-95-98(117-101(106)89-86-83-80-77-74-71-68-65-62-59-54-39-36-33-30-27-24-21-18-15-12-9-6-3)94-112-100(105)88-85-82-79-76-73-70-67-64-61-58-56-53-50-48-45-43-41-38-35-32-29-26-23-20-17-14-11-8-5-2/h8-9,11-12,16-21,25-30,34-39,42-45,50,53,59,62,96-98,102-103H,4-7,10,13-15,22-24,31-33,40-41,46-49,51-52,54-58,60-61,63-95H2,1-3H3,(H,107,108)(H,109,110)/b11-8-,12-9-,19-16-,20-17-,21-18-,28-25-,29-26-,30-27-,37-34-,38-35-,39-36-,44-42-,45-43-,53-50-,62-59-. The third-order valence-electron chi connectivity index (χ3n) is 19.6. The monoisotopic (exact) mass is 1700 g/mol. The molecule has 0 aliphatic carbocycles. The summed E-state index contributed by atoms with van der Waals surface area (Å²) >= 11 is 0. The summed E-state index contributed by atoms with van der Waals surface area (Å²) in [6.45, 7) is 2.45. The van der Waals surface area contributed by atoms with Gasteiger partial charge in [-0.3, -0.25) is 32.5 Å². The number of phosphoric acid groups is 2.